The average molecular weight is 309 g/mol. The second kappa shape index (κ2) is 6.48. The number of aryl methyl sites for hydroxylation is 2. The van der Waals surface area contributed by atoms with Crippen LogP contribution >= 0.6 is 0 Å². The Morgan fingerprint density at radius 3 is 2.83 bits per heavy atom. The molecule has 6 nitrogen and oxygen atoms in total. The van der Waals surface area contributed by atoms with E-state index in [4.69, 9.17) is 0 Å². The van der Waals surface area contributed by atoms with Crippen molar-refractivity contribution >= 4 is 11.6 Å². The van der Waals surface area contributed by atoms with Crippen molar-refractivity contribution in [3.63, 3.8) is 0 Å². The number of amides is 1. The van der Waals surface area contributed by atoms with Gasteiger partial charge in [-0.25, -0.2) is 0 Å². The number of nitrogens with one attached hydrogen (secondary N) is 1. The first kappa shape index (κ1) is 15.0. The van der Waals surface area contributed by atoms with Gasteiger partial charge in [-0.3, -0.25) is 14.2 Å². The minimum Gasteiger partial charge on any atom is -0.322 e. The van der Waals surface area contributed by atoms with Gasteiger partial charge in [-0.1, -0.05) is 29.8 Å². The van der Waals surface area contributed by atoms with Crippen LogP contribution in [-0.2, 0) is 17.9 Å². The van der Waals surface area contributed by atoms with Gasteiger partial charge < -0.3 is 5.32 Å². The topological polar surface area (TPSA) is 64.7 Å². The second-order valence-corrected chi connectivity index (χ2v) is 5.62. The van der Waals surface area contributed by atoms with Crippen LogP contribution in [0.3, 0.4) is 0 Å². The van der Waals surface area contributed by atoms with Gasteiger partial charge in [-0.15, -0.1) is 0 Å². The van der Waals surface area contributed by atoms with Crippen LogP contribution in [0.15, 0.2) is 48.9 Å². The predicted octanol–water partition coefficient (Wildman–Crippen LogP) is 2.38. The Morgan fingerprint density at radius 2 is 2.09 bits per heavy atom. The maximum atomic E-state index is 12.0. The van der Waals surface area contributed by atoms with Gasteiger partial charge in [0, 0.05) is 12.4 Å². The molecule has 0 aliphatic carbocycles. The number of benzene rings is 1. The zero-order valence-electron chi connectivity index (χ0n) is 13.2. The number of nitrogens with zero attached hydrogens (tertiary/aromatic N) is 4. The van der Waals surface area contributed by atoms with Crippen LogP contribution in [0.5, 0.6) is 0 Å². The lowest BCUT2D eigenvalue weighted by atomic mass is 10.1. The molecule has 0 atom stereocenters. The minimum atomic E-state index is -0.122. The van der Waals surface area contributed by atoms with Crippen molar-refractivity contribution in [1.82, 2.24) is 19.6 Å². The molecule has 1 amide bonds. The number of hydrogen-bond acceptors (Lipinski definition) is 3. The molecule has 6 heteroatoms. The molecule has 2 aromatic heterocycles. The van der Waals surface area contributed by atoms with Gasteiger partial charge in [-0.2, -0.15) is 10.2 Å². The molecule has 0 spiro atoms. The van der Waals surface area contributed by atoms with Crippen molar-refractivity contribution in [2.75, 3.05) is 5.32 Å². The molecule has 0 unspecified atom stereocenters. The van der Waals surface area contributed by atoms with Crippen molar-refractivity contribution < 1.29 is 4.79 Å². The van der Waals surface area contributed by atoms with Crippen LogP contribution in [0.2, 0.25) is 0 Å². The van der Waals surface area contributed by atoms with Gasteiger partial charge in [0.2, 0.25) is 5.91 Å². The summed E-state index contributed by atoms with van der Waals surface area (Å²) in [5.74, 6) is -0.122. The van der Waals surface area contributed by atoms with E-state index >= 15 is 0 Å². The third-order valence-electron chi connectivity index (χ3n) is 3.42. The fraction of sp³-hybridized carbons (Fsp3) is 0.235. The Balaban J connectivity index is 1.59. The summed E-state index contributed by atoms with van der Waals surface area (Å²) in [5.41, 5.74) is 3.98. The van der Waals surface area contributed by atoms with Crippen LogP contribution in [0, 0.1) is 13.8 Å². The average Bonchev–Trinajstić information content (AvgIpc) is 3.08. The first-order chi connectivity index (χ1) is 11.1. The fourth-order valence-corrected chi connectivity index (χ4v) is 2.41. The number of rotatable bonds is 5. The smallest absolute Gasteiger partial charge is 0.246 e. The van der Waals surface area contributed by atoms with Crippen LogP contribution in [0.1, 0.15) is 16.8 Å². The van der Waals surface area contributed by atoms with Crippen molar-refractivity contribution in [2.45, 2.75) is 26.9 Å². The monoisotopic (exact) mass is 309 g/mol. The highest BCUT2D eigenvalue weighted by molar-refractivity contribution is 5.90. The second-order valence-electron chi connectivity index (χ2n) is 5.62. The van der Waals surface area contributed by atoms with E-state index in [2.05, 4.69) is 40.6 Å². The summed E-state index contributed by atoms with van der Waals surface area (Å²) >= 11 is 0. The van der Waals surface area contributed by atoms with E-state index in [9.17, 15) is 4.79 Å². The van der Waals surface area contributed by atoms with E-state index in [-0.39, 0.29) is 12.5 Å². The minimum absolute atomic E-state index is 0.122. The highest BCUT2D eigenvalue weighted by Crippen LogP contribution is 2.09. The lowest BCUT2D eigenvalue weighted by Crippen LogP contribution is -2.18. The van der Waals surface area contributed by atoms with E-state index in [1.807, 2.05) is 29.9 Å². The van der Waals surface area contributed by atoms with Crippen LogP contribution in [0.4, 0.5) is 5.69 Å². The quantitative estimate of drug-likeness (QED) is 0.787. The summed E-state index contributed by atoms with van der Waals surface area (Å²) in [5, 5.41) is 11.3. The first-order valence-electron chi connectivity index (χ1n) is 7.46. The molecule has 0 saturated carbocycles. The van der Waals surface area contributed by atoms with Gasteiger partial charge >= 0.3 is 0 Å². The van der Waals surface area contributed by atoms with E-state index in [1.165, 1.54) is 11.1 Å². The molecule has 0 fully saturated rings. The summed E-state index contributed by atoms with van der Waals surface area (Å²) in [4.78, 5) is 12.0. The largest absolute Gasteiger partial charge is 0.322 e. The lowest BCUT2D eigenvalue weighted by molar-refractivity contribution is -0.116. The molecule has 23 heavy (non-hydrogen) atoms. The highest BCUT2D eigenvalue weighted by Gasteiger charge is 2.06. The predicted molar refractivity (Wildman–Crippen MR) is 88.1 cm³/mol. The molecule has 3 aromatic rings. The summed E-state index contributed by atoms with van der Waals surface area (Å²) in [6, 6.07) is 10.2. The molecule has 3 rings (SSSR count). The number of anilines is 1. The van der Waals surface area contributed by atoms with Crippen molar-refractivity contribution in [3.05, 3.63) is 65.7 Å². The van der Waals surface area contributed by atoms with Gasteiger partial charge in [0.15, 0.2) is 0 Å². The van der Waals surface area contributed by atoms with E-state index in [0.29, 0.717) is 12.2 Å². The van der Waals surface area contributed by atoms with Crippen LogP contribution < -0.4 is 5.32 Å². The normalized spacial score (nSPS) is 10.7. The van der Waals surface area contributed by atoms with Crippen LogP contribution in [-0.4, -0.2) is 25.5 Å². The third kappa shape index (κ3) is 4.06. The number of aromatic nitrogens is 4. The zero-order chi connectivity index (χ0) is 16.2. The molecular formula is C17H19N5O. The summed E-state index contributed by atoms with van der Waals surface area (Å²) in [7, 11) is 0. The maximum absolute atomic E-state index is 12.0. The van der Waals surface area contributed by atoms with E-state index in [1.54, 1.807) is 17.1 Å². The Bertz CT molecular complexity index is 818. The van der Waals surface area contributed by atoms with Crippen molar-refractivity contribution in [3.8, 4) is 0 Å². The Labute approximate surface area is 134 Å². The third-order valence-corrected chi connectivity index (χ3v) is 3.42. The molecular weight excluding hydrogens is 290 g/mol. The number of hydrogen-bond donors (Lipinski definition) is 1. The summed E-state index contributed by atoms with van der Waals surface area (Å²) in [6.07, 6.45) is 5.27. The van der Waals surface area contributed by atoms with E-state index in [0.717, 1.165) is 5.69 Å². The molecule has 118 valence electrons. The molecule has 0 aliphatic rings. The molecule has 0 aliphatic heterocycles. The zero-order valence-corrected chi connectivity index (χ0v) is 13.2. The lowest BCUT2D eigenvalue weighted by Gasteiger charge is -2.04. The van der Waals surface area contributed by atoms with Gasteiger partial charge in [0.25, 0.3) is 0 Å². The fourth-order valence-electron chi connectivity index (χ4n) is 2.41. The molecule has 0 bridgehead atoms. The molecule has 1 aromatic carbocycles. The van der Waals surface area contributed by atoms with Crippen molar-refractivity contribution in [1.29, 1.82) is 0 Å². The maximum Gasteiger partial charge on any atom is 0.246 e. The van der Waals surface area contributed by atoms with E-state index < -0.39 is 0 Å². The Morgan fingerprint density at radius 1 is 1.22 bits per heavy atom. The van der Waals surface area contributed by atoms with Crippen molar-refractivity contribution in [2.24, 2.45) is 0 Å². The standard InChI is InChI=1S/C17H19N5O/c1-13-4-3-5-15(8-13)10-22-11-16(9-18-22)19-17(23)12-21-7-6-14(2)20-21/h3-9,11H,10,12H2,1-2H3,(H,19,23). The molecule has 1 N–H and O–H groups in total. The summed E-state index contributed by atoms with van der Waals surface area (Å²) in [6.45, 7) is 4.83. The first-order valence-corrected chi connectivity index (χ1v) is 7.46. The number of carbonyl (C=O) groups is 1. The van der Waals surface area contributed by atoms with Crippen LogP contribution in [0.25, 0.3) is 0 Å². The Hall–Kier alpha value is -2.89. The SMILES string of the molecule is Cc1cccc(Cn2cc(NC(=O)Cn3ccc(C)n3)cn2)c1. The molecule has 0 saturated heterocycles. The highest BCUT2D eigenvalue weighted by atomic mass is 16.2. The summed E-state index contributed by atoms with van der Waals surface area (Å²) < 4.78 is 3.42. The van der Waals surface area contributed by atoms with Gasteiger partial charge in [0.1, 0.15) is 6.54 Å². The molecule has 2 heterocycles. The number of carbonyl (C=O) groups excluding carboxylic acids is 1. The van der Waals surface area contributed by atoms with Gasteiger partial charge in [-0.05, 0) is 25.5 Å². The molecule has 0 radical (unpaired) electrons. The Kier molecular flexibility index (Phi) is 4.23. The van der Waals surface area contributed by atoms with Gasteiger partial charge in [0.05, 0.1) is 24.1 Å².